The largest absolute Gasteiger partial charge is 0.379 e. The van der Waals surface area contributed by atoms with Crippen LogP contribution in [0.25, 0.3) is 0 Å². The highest BCUT2D eigenvalue weighted by molar-refractivity contribution is 14.0. The average molecular weight is 540 g/mol. The lowest BCUT2D eigenvalue weighted by Crippen LogP contribution is -2.46. The van der Waals surface area contributed by atoms with Gasteiger partial charge in [0.05, 0.1) is 19.3 Å². The molecular weight excluding hydrogens is 513 g/mol. The number of nitrogens with one attached hydrogen (secondary N) is 2. The summed E-state index contributed by atoms with van der Waals surface area (Å²) in [5, 5.41) is 8.60. The van der Waals surface area contributed by atoms with Crippen LogP contribution in [0.3, 0.4) is 0 Å². The Morgan fingerprint density at radius 1 is 1.34 bits per heavy atom. The number of aliphatic imine (C=N–C) groups is 1. The first-order valence-corrected chi connectivity index (χ1v) is 10.2. The third-order valence-corrected chi connectivity index (χ3v) is 5.48. The Labute approximate surface area is 190 Å². The van der Waals surface area contributed by atoms with Crippen molar-refractivity contribution in [2.24, 2.45) is 4.99 Å². The summed E-state index contributed by atoms with van der Waals surface area (Å²) >= 11 is 1.73. The summed E-state index contributed by atoms with van der Waals surface area (Å²) < 4.78 is 32.3. The van der Waals surface area contributed by atoms with Crippen LogP contribution in [-0.2, 0) is 11.3 Å². The minimum absolute atomic E-state index is 0. The molecule has 2 N–H and O–H groups in total. The summed E-state index contributed by atoms with van der Waals surface area (Å²) in [5.74, 6) is 0.816. The zero-order valence-corrected chi connectivity index (χ0v) is 19.4. The lowest BCUT2D eigenvalue weighted by Gasteiger charge is -2.34. The van der Waals surface area contributed by atoms with E-state index in [2.05, 4.69) is 43.0 Å². The third kappa shape index (κ3) is 6.86. The van der Waals surface area contributed by atoms with E-state index >= 15 is 0 Å². The van der Waals surface area contributed by atoms with Crippen molar-refractivity contribution in [1.82, 2.24) is 25.1 Å². The maximum Gasteiger partial charge on any atom is 0.319 e. The molecule has 0 saturated carbocycles. The van der Waals surface area contributed by atoms with E-state index in [4.69, 9.17) is 4.74 Å². The van der Waals surface area contributed by atoms with Gasteiger partial charge in [0, 0.05) is 43.4 Å². The molecule has 3 rings (SSSR count). The molecule has 0 radical (unpaired) electrons. The van der Waals surface area contributed by atoms with Gasteiger partial charge in [-0.2, -0.15) is 8.78 Å². The first kappa shape index (κ1) is 24.0. The molecule has 1 aliphatic heterocycles. The molecule has 7 nitrogen and oxygen atoms in total. The summed E-state index contributed by atoms with van der Waals surface area (Å²) in [6.45, 7) is 3.98. The third-order valence-electron chi connectivity index (χ3n) is 4.50. The molecule has 162 valence electrons. The van der Waals surface area contributed by atoms with E-state index in [-0.39, 0.29) is 42.4 Å². The van der Waals surface area contributed by atoms with Gasteiger partial charge in [-0.25, -0.2) is 9.98 Å². The van der Waals surface area contributed by atoms with Crippen molar-refractivity contribution in [3.8, 4) is 0 Å². The monoisotopic (exact) mass is 540 g/mol. The normalized spacial score (nSPS) is 16.5. The number of morpholine rings is 1. The van der Waals surface area contributed by atoms with Crippen molar-refractivity contribution >= 4 is 41.3 Å². The summed E-state index contributed by atoms with van der Waals surface area (Å²) in [7, 11) is 0. The molecule has 2 aromatic heterocycles. The maximum atomic E-state index is 13.0. The number of nitrogens with zero attached hydrogens (tertiary/aromatic N) is 4. The summed E-state index contributed by atoms with van der Waals surface area (Å²) in [6, 6.07) is 4.39. The molecule has 1 unspecified atom stereocenters. The molecule has 0 bridgehead atoms. The van der Waals surface area contributed by atoms with Crippen LogP contribution in [0.5, 0.6) is 0 Å². The highest BCUT2D eigenvalue weighted by Crippen LogP contribution is 2.25. The van der Waals surface area contributed by atoms with Gasteiger partial charge in [0.15, 0.2) is 5.96 Å². The van der Waals surface area contributed by atoms with Crippen molar-refractivity contribution < 1.29 is 13.5 Å². The number of halogens is 3. The minimum atomic E-state index is -2.62. The second-order valence-corrected chi connectivity index (χ2v) is 7.26. The van der Waals surface area contributed by atoms with Gasteiger partial charge in [-0.15, -0.1) is 35.3 Å². The fourth-order valence-corrected chi connectivity index (χ4v) is 3.97. The fraction of sp³-hybridized carbons (Fsp3) is 0.556. The van der Waals surface area contributed by atoms with E-state index in [1.165, 1.54) is 17.3 Å². The first-order valence-electron chi connectivity index (χ1n) is 9.36. The van der Waals surface area contributed by atoms with E-state index in [1.54, 1.807) is 11.3 Å². The van der Waals surface area contributed by atoms with E-state index < -0.39 is 6.55 Å². The summed E-state index contributed by atoms with van der Waals surface area (Å²) in [5.41, 5.74) is 0. The van der Waals surface area contributed by atoms with Crippen LogP contribution in [0.15, 0.2) is 34.9 Å². The van der Waals surface area contributed by atoms with Crippen LogP contribution in [0.4, 0.5) is 8.78 Å². The smallest absolute Gasteiger partial charge is 0.319 e. The SMILES string of the molecule is CCNC(=NCc1nccn1C(F)F)NCC(c1cccs1)N1CCOCC1.I. The Bertz CT molecular complexity index is 737. The average Bonchev–Trinajstić information content (AvgIpc) is 3.39. The Hall–Kier alpha value is -1.31. The van der Waals surface area contributed by atoms with Crippen molar-refractivity contribution in [3.63, 3.8) is 0 Å². The van der Waals surface area contributed by atoms with Crippen molar-refractivity contribution in [2.75, 3.05) is 39.4 Å². The number of alkyl halides is 2. The number of guanidine groups is 1. The van der Waals surface area contributed by atoms with Crippen LogP contribution >= 0.6 is 35.3 Å². The van der Waals surface area contributed by atoms with E-state index in [0.29, 0.717) is 19.0 Å². The standard InChI is InChI=1S/C18H26F2N6OS.HI/c1-2-21-18(24-13-16-22-5-6-26(16)17(19)20)23-12-14(15-4-3-11-28-15)25-7-9-27-10-8-25;/h3-6,11,14,17H,2,7-10,12-13H2,1H3,(H2,21,23,24);1H. The molecule has 1 saturated heterocycles. The van der Waals surface area contributed by atoms with Crippen LogP contribution in [-0.4, -0.2) is 59.8 Å². The predicted octanol–water partition coefficient (Wildman–Crippen LogP) is 3.09. The molecule has 3 heterocycles. The first-order chi connectivity index (χ1) is 13.7. The van der Waals surface area contributed by atoms with Gasteiger partial charge in [0.1, 0.15) is 12.4 Å². The van der Waals surface area contributed by atoms with Crippen LogP contribution in [0.1, 0.15) is 30.2 Å². The van der Waals surface area contributed by atoms with Gasteiger partial charge in [-0.05, 0) is 18.4 Å². The number of thiophene rings is 1. The number of rotatable bonds is 8. The van der Waals surface area contributed by atoms with Gasteiger partial charge >= 0.3 is 6.55 Å². The maximum absolute atomic E-state index is 13.0. The van der Waals surface area contributed by atoms with Gasteiger partial charge in [-0.3, -0.25) is 9.47 Å². The topological polar surface area (TPSA) is 66.7 Å². The zero-order chi connectivity index (χ0) is 19.8. The van der Waals surface area contributed by atoms with Crippen LogP contribution < -0.4 is 10.6 Å². The quantitative estimate of drug-likeness (QED) is 0.306. The van der Waals surface area contributed by atoms with E-state index in [0.717, 1.165) is 30.9 Å². The Balaban J connectivity index is 0.00000300. The van der Waals surface area contributed by atoms with Crippen molar-refractivity contribution in [1.29, 1.82) is 0 Å². The second-order valence-electron chi connectivity index (χ2n) is 6.28. The molecule has 2 aromatic rings. The molecule has 0 aliphatic carbocycles. The Morgan fingerprint density at radius 3 is 2.79 bits per heavy atom. The molecule has 11 heteroatoms. The summed E-state index contributed by atoms with van der Waals surface area (Å²) in [4.78, 5) is 12.1. The Morgan fingerprint density at radius 2 is 2.14 bits per heavy atom. The molecule has 0 amide bonds. The lowest BCUT2D eigenvalue weighted by molar-refractivity contribution is 0.0177. The van der Waals surface area contributed by atoms with Crippen LogP contribution in [0.2, 0.25) is 0 Å². The van der Waals surface area contributed by atoms with E-state index in [1.807, 2.05) is 6.92 Å². The molecule has 0 spiro atoms. The van der Waals surface area contributed by atoms with E-state index in [9.17, 15) is 8.78 Å². The number of aromatic nitrogens is 2. The lowest BCUT2D eigenvalue weighted by atomic mass is 10.2. The zero-order valence-electron chi connectivity index (χ0n) is 16.3. The molecule has 0 aromatic carbocycles. The second kappa shape index (κ2) is 12.4. The van der Waals surface area contributed by atoms with Gasteiger partial charge in [0.2, 0.25) is 0 Å². The fourth-order valence-electron chi connectivity index (χ4n) is 3.11. The molecule has 1 aliphatic rings. The number of hydrogen-bond donors (Lipinski definition) is 2. The molecule has 1 atom stereocenters. The number of hydrogen-bond acceptors (Lipinski definition) is 5. The molecule has 1 fully saturated rings. The van der Waals surface area contributed by atoms with Crippen molar-refractivity contribution in [3.05, 3.63) is 40.6 Å². The van der Waals surface area contributed by atoms with Gasteiger partial charge in [-0.1, -0.05) is 6.07 Å². The predicted molar refractivity (Wildman–Crippen MR) is 121 cm³/mol. The Kier molecular flexibility index (Phi) is 10.2. The molecular formula is C18H27F2IN6OS. The highest BCUT2D eigenvalue weighted by Gasteiger charge is 2.23. The number of imidazole rings is 1. The van der Waals surface area contributed by atoms with Gasteiger partial charge in [0.25, 0.3) is 0 Å². The van der Waals surface area contributed by atoms with Crippen LogP contribution in [0, 0.1) is 0 Å². The highest BCUT2D eigenvalue weighted by atomic mass is 127. The van der Waals surface area contributed by atoms with Gasteiger partial charge < -0.3 is 15.4 Å². The minimum Gasteiger partial charge on any atom is -0.379 e. The van der Waals surface area contributed by atoms with Crippen molar-refractivity contribution in [2.45, 2.75) is 26.1 Å². The molecule has 29 heavy (non-hydrogen) atoms. The number of ether oxygens (including phenoxy) is 1. The summed E-state index contributed by atoms with van der Waals surface area (Å²) in [6.07, 6.45) is 2.63.